The minimum atomic E-state index is -4.05. The van der Waals surface area contributed by atoms with Gasteiger partial charge in [0.05, 0.1) is 6.16 Å². The van der Waals surface area contributed by atoms with Crippen LogP contribution in [0.2, 0.25) is 0 Å². The first kappa shape index (κ1) is 21.9. The molecule has 4 N–H and O–H groups in total. The SMILES string of the molecule is Cc1ccsc1CN(Cc1ccc(CP(=O)(O)O)cc1)Cc1cccc(CN)c1. The second-order valence-electron chi connectivity index (χ2n) is 7.34. The molecule has 0 fully saturated rings. The zero-order valence-electron chi connectivity index (χ0n) is 16.5. The summed E-state index contributed by atoms with van der Waals surface area (Å²) in [5, 5.41) is 2.12. The van der Waals surface area contributed by atoms with Gasteiger partial charge in [-0.2, -0.15) is 0 Å². The minimum Gasteiger partial charge on any atom is -0.326 e. The summed E-state index contributed by atoms with van der Waals surface area (Å²) in [5.41, 5.74) is 11.2. The van der Waals surface area contributed by atoms with Crippen molar-refractivity contribution in [1.82, 2.24) is 4.90 Å². The first-order chi connectivity index (χ1) is 13.8. The van der Waals surface area contributed by atoms with Gasteiger partial charge in [-0.3, -0.25) is 9.46 Å². The first-order valence-electron chi connectivity index (χ1n) is 9.48. The lowest BCUT2D eigenvalue weighted by molar-refractivity contribution is 0.249. The molecular weight excluding hydrogens is 403 g/mol. The summed E-state index contributed by atoms with van der Waals surface area (Å²) in [6.07, 6.45) is -0.225. The van der Waals surface area contributed by atoms with Gasteiger partial charge in [-0.1, -0.05) is 48.5 Å². The van der Waals surface area contributed by atoms with Crippen LogP contribution in [0.15, 0.2) is 60.0 Å². The number of hydrogen-bond donors (Lipinski definition) is 3. The van der Waals surface area contributed by atoms with Crippen molar-refractivity contribution in [3.8, 4) is 0 Å². The third-order valence-electron chi connectivity index (χ3n) is 4.79. The fourth-order valence-electron chi connectivity index (χ4n) is 3.30. The van der Waals surface area contributed by atoms with Crippen molar-refractivity contribution < 1.29 is 14.4 Å². The molecular formula is C22H27N2O3PS. The molecule has 5 nitrogen and oxygen atoms in total. The number of nitrogens with zero attached hydrogens (tertiary/aromatic N) is 1. The molecule has 0 amide bonds. The second-order valence-corrected chi connectivity index (χ2v) is 9.98. The van der Waals surface area contributed by atoms with Crippen molar-refractivity contribution in [2.75, 3.05) is 0 Å². The summed E-state index contributed by atoms with van der Waals surface area (Å²) in [7, 11) is -4.05. The molecule has 0 bridgehead atoms. The Kier molecular flexibility index (Phi) is 7.41. The molecule has 1 aromatic heterocycles. The van der Waals surface area contributed by atoms with Gasteiger partial charge < -0.3 is 15.5 Å². The highest BCUT2D eigenvalue weighted by molar-refractivity contribution is 7.50. The van der Waals surface area contributed by atoms with Crippen LogP contribution in [0.25, 0.3) is 0 Å². The maximum Gasteiger partial charge on any atom is 0.329 e. The fourth-order valence-corrected chi connectivity index (χ4v) is 4.93. The van der Waals surface area contributed by atoms with E-state index in [9.17, 15) is 4.57 Å². The van der Waals surface area contributed by atoms with E-state index >= 15 is 0 Å². The predicted molar refractivity (Wildman–Crippen MR) is 119 cm³/mol. The Labute approximate surface area is 176 Å². The molecule has 0 radical (unpaired) electrons. The number of benzene rings is 2. The lowest BCUT2D eigenvalue weighted by Crippen LogP contribution is -2.22. The molecule has 29 heavy (non-hydrogen) atoms. The Bertz CT molecular complexity index is 982. The maximum absolute atomic E-state index is 11.2. The van der Waals surface area contributed by atoms with E-state index in [-0.39, 0.29) is 6.16 Å². The lowest BCUT2D eigenvalue weighted by atomic mass is 10.1. The molecule has 0 saturated heterocycles. The number of hydrogen-bond acceptors (Lipinski definition) is 4. The zero-order chi connectivity index (χ0) is 20.9. The van der Waals surface area contributed by atoms with E-state index in [2.05, 4.69) is 35.4 Å². The number of nitrogens with two attached hydrogens (primary N) is 1. The van der Waals surface area contributed by atoms with Gasteiger partial charge in [0, 0.05) is 31.1 Å². The van der Waals surface area contributed by atoms with Gasteiger partial charge in [0.1, 0.15) is 0 Å². The van der Waals surface area contributed by atoms with Crippen molar-refractivity contribution in [3.05, 3.63) is 92.7 Å². The molecule has 0 aliphatic rings. The molecule has 0 aliphatic heterocycles. The Morgan fingerprint density at radius 2 is 1.59 bits per heavy atom. The average Bonchev–Trinajstić information content (AvgIpc) is 3.07. The van der Waals surface area contributed by atoms with E-state index in [0.29, 0.717) is 12.1 Å². The fraction of sp³-hybridized carbons (Fsp3) is 0.273. The van der Waals surface area contributed by atoms with Crippen LogP contribution >= 0.6 is 18.9 Å². The molecule has 2 aromatic carbocycles. The second kappa shape index (κ2) is 9.81. The Morgan fingerprint density at radius 1 is 0.931 bits per heavy atom. The monoisotopic (exact) mass is 430 g/mol. The van der Waals surface area contributed by atoms with E-state index < -0.39 is 7.60 Å². The number of rotatable bonds is 9. The molecule has 7 heteroatoms. The summed E-state index contributed by atoms with van der Waals surface area (Å²) in [4.78, 5) is 22.0. The van der Waals surface area contributed by atoms with E-state index in [1.54, 1.807) is 23.5 Å². The summed E-state index contributed by atoms with van der Waals surface area (Å²) < 4.78 is 11.2. The minimum absolute atomic E-state index is 0.225. The smallest absolute Gasteiger partial charge is 0.326 e. The van der Waals surface area contributed by atoms with Crippen LogP contribution < -0.4 is 5.73 Å². The normalized spacial score (nSPS) is 11.9. The molecule has 3 aromatic rings. The maximum atomic E-state index is 11.2. The van der Waals surface area contributed by atoms with Crippen LogP contribution in [0.4, 0.5) is 0 Å². The van der Waals surface area contributed by atoms with Crippen LogP contribution in [0.1, 0.15) is 32.7 Å². The van der Waals surface area contributed by atoms with Crippen LogP contribution in [-0.2, 0) is 36.9 Å². The lowest BCUT2D eigenvalue weighted by Gasteiger charge is -2.23. The van der Waals surface area contributed by atoms with Crippen LogP contribution in [0, 0.1) is 6.92 Å². The molecule has 0 saturated carbocycles. The first-order valence-corrected chi connectivity index (χ1v) is 12.2. The summed E-state index contributed by atoms with van der Waals surface area (Å²) in [6.45, 7) is 5.06. The Morgan fingerprint density at radius 3 is 2.21 bits per heavy atom. The quantitative estimate of drug-likeness (QED) is 0.438. The average molecular weight is 431 g/mol. The van der Waals surface area contributed by atoms with Gasteiger partial charge in [0.25, 0.3) is 0 Å². The van der Waals surface area contributed by atoms with Gasteiger partial charge in [-0.05, 0) is 46.2 Å². The van der Waals surface area contributed by atoms with Crippen molar-refractivity contribution in [3.63, 3.8) is 0 Å². The highest BCUT2D eigenvalue weighted by atomic mass is 32.1. The van der Waals surface area contributed by atoms with Gasteiger partial charge in [0.15, 0.2) is 0 Å². The summed E-state index contributed by atoms with van der Waals surface area (Å²) >= 11 is 1.77. The van der Waals surface area contributed by atoms with Gasteiger partial charge in [-0.25, -0.2) is 0 Å². The Balaban J connectivity index is 1.77. The molecule has 0 unspecified atom stereocenters. The third-order valence-corrected chi connectivity index (χ3v) is 6.57. The zero-order valence-corrected chi connectivity index (χ0v) is 18.2. The molecule has 0 atom stereocenters. The number of aryl methyl sites for hydroxylation is 1. The largest absolute Gasteiger partial charge is 0.329 e. The molecule has 1 heterocycles. The van der Waals surface area contributed by atoms with E-state index in [1.807, 2.05) is 24.3 Å². The molecule has 0 spiro atoms. The van der Waals surface area contributed by atoms with Crippen molar-refractivity contribution in [2.45, 2.75) is 39.3 Å². The predicted octanol–water partition coefficient (Wildman–Crippen LogP) is 4.40. The van der Waals surface area contributed by atoms with Crippen LogP contribution in [-0.4, -0.2) is 14.7 Å². The van der Waals surface area contributed by atoms with E-state index in [0.717, 1.165) is 30.8 Å². The standard InChI is InChI=1S/C22H27N2O3PS/c1-17-9-10-29-22(17)15-24(14-21-4-2-3-20(11-21)12-23)13-18-5-7-19(8-6-18)16-28(25,26)27/h2-11H,12-16,23H2,1H3,(H2,25,26,27). The van der Waals surface area contributed by atoms with Crippen molar-refractivity contribution >= 4 is 18.9 Å². The molecule has 0 aliphatic carbocycles. The highest BCUT2D eigenvalue weighted by Gasteiger charge is 2.15. The van der Waals surface area contributed by atoms with E-state index in [4.69, 9.17) is 15.5 Å². The van der Waals surface area contributed by atoms with Crippen molar-refractivity contribution in [2.24, 2.45) is 5.73 Å². The van der Waals surface area contributed by atoms with E-state index in [1.165, 1.54) is 16.0 Å². The van der Waals surface area contributed by atoms with Crippen molar-refractivity contribution in [1.29, 1.82) is 0 Å². The molecule has 3 rings (SSSR count). The van der Waals surface area contributed by atoms with Gasteiger partial charge in [0.2, 0.25) is 0 Å². The van der Waals surface area contributed by atoms with Gasteiger partial charge >= 0.3 is 7.60 Å². The Hall–Kier alpha value is -1.79. The summed E-state index contributed by atoms with van der Waals surface area (Å²) in [6, 6.07) is 18.0. The molecule has 154 valence electrons. The third kappa shape index (κ3) is 6.89. The van der Waals surface area contributed by atoms with Gasteiger partial charge in [-0.15, -0.1) is 11.3 Å². The number of thiophene rings is 1. The topological polar surface area (TPSA) is 86.8 Å². The highest BCUT2D eigenvalue weighted by Crippen LogP contribution is 2.39. The van der Waals surface area contributed by atoms with Crippen LogP contribution in [0.5, 0.6) is 0 Å². The summed E-state index contributed by atoms with van der Waals surface area (Å²) in [5.74, 6) is 0. The van der Waals surface area contributed by atoms with Crippen LogP contribution in [0.3, 0.4) is 0 Å².